The number of nitrogens with one attached hydrogen (secondary N) is 1. The largest absolute Gasteiger partial charge is 0.494 e. The molecule has 0 saturated carbocycles. The highest BCUT2D eigenvalue weighted by atomic mass is 79.9. The molecule has 242 valence electrons. The van der Waals surface area contributed by atoms with Gasteiger partial charge in [0.05, 0.1) is 17.2 Å². The van der Waals surface area contributed by atoms with Crippen LogP contribution in [0, 0.1) is 6.92 Å². The highest BCUT2D eigenvalue weighted by Crippen LogP contribution is 2.27. The second kappa shape index (κ2) is 15.9. The number of halogens is 1. The van der Waals surface area contributed by atoms with Crippen LogP contribution in [-0.4, -0.2) is 50.4 Å². The number of carbonyl (C=O) groups is 2. The predicted molar refractivity (Wildman–Crippen MR) is 185 cm³/mol. The van der Waals surface area contributed by atoms with E-state index >= 15 is 0 Å². The van der Waals surface area contributed by atoms with E-state index in [4.69, 9.17) is 4.74 Å². The van der Waals surface area contributed by atoms with Crippen molar-refractivity contribution in [2.75, 3.05) is 17.5 Å². The number of hydrogen-bond donors (Lipinski definition) is 1. The summed E-state index contributed by atoms with van der Waals surface area (Å²) in [7, 11) is -4.21. The van der Waals surface area contributed by atoms with Crippen LogP contribution >= 0.6 is 15.9 Å². The van der Waals surface area contributed by atoms with Gasteiger partial charge in [-0.05, 0) is 87.4 Å². The summed E-state index contributed by atoms with van der Waals surface area (Å²) in [5.74, 6) is -0.293. The number of amides is 2. The summed E-state index contributed by atoms with van der Waals surface area (Å²) in [6, 6.07) is 29.0. The molecule has 2 amide bonds. The maximum atomic E-state index is 14.5. The van der Waals surface area contributed by atoms with Crippen molar-refractivity contribution >= 4 is 43.5 Å². The third-order valence-electron chi connectivity index (χ3n) is 7.29. The van der Waals surface area contributed by atoms with Crippen LogP contribution in [0.15, 0.2) is 112 Å². The number of ether oxygens (including phenoxy) is 1. The summed E-state index contributed by atoms with van der Waals surface area (Å²) in [5.41, 5.74) is 2.95. The predicted octanol–water partition coefficient (Wildman–Crippen LogP) is 6.52. The van der Waals surface area contributed by atoms with Gasteiger partial charge >= 0.3 is 0 Å². The molecule has 0 bridgehead atoms. The average Bonchev–Trinajstić information content (AvgIpc) is 3.03. The van der Waals surface area contributed by atoms with E-state index in [1.165, 1.54) is 17.0 Å². The Morgan fingerprint density at radius 1 is 0.848 bits per heavy atom. The van der Waals surface area contributed by atoms with Gasteiger partial charge in [0.15, 0.2) is 0 Å². The molecule has 0 unspecified atom stereocenters. The Morgan fingerprint density at radius 3 is 2.07 bits per heavy atom. The quantitative estimate of drug-likeness (QED) is 0.161. The lowest BCUT2D eigenvalue weighted by atomic mass is 10.0. The van der Waals surface area contributed by atoms with Crippen molar-refractivity contribution in [3.63, 3.8) is 0 Å². The number of benzene rings is 4. The van der Waals surface area contributed by atoms with E-state index < -0.39 is 28.5 Å². The number of aryl methyl sites for hydroxylation is 1. The minimum atomic E-state index is -4.21. The first-order valence-electron chi connectivity index (χ1n) is 15.2. The zero-order chi connectivity index (χ0) is 33.3. The molecule has 0 heterocycles. The second-order valence-corrected chi connectivity index (χ2v) is 14.0. The topological polar surface area (TPSA) is 96.0 Å². The fourth-order valence-corrected chi connectivity index (χ4v) is 6.64. The summed E-state index contributed by atoms with van der Waals surface area (Å²) in [6.07, 6.45) is 0.248. The van der Waals surface area contributed by atoms with Crippen molar-refractivity contribution in [1.29, 1.82) is 0 Å². The molecular formula is C36H40BrN3O5S. The van der Waals surface area contributed by atoms with Crippen molar-refractivity contribution in [3.8, 4) is 5.75 Å². The van der Waals surface area contributed by atoms with Gasteiger partial charge in [-0.2, -0.15) is 0 Å². The van der Waals surface area contributed by atoms with Crippen LogP contribution in [0.4, 0.5) is 5.69 Å². The molecular weight excluding hydrogens is 666 g/mol. The summed E-state index contributed by atoms with van der Waals surface area (Å²) in [6.45, 7) is 7.50. The Hall–Kier alpha value is -4.15. The third-order valence-corrected chi connectivity index (χ3v) is 9.61. The fraction of sp³-hybridized carbons (Fsp3) is 0.278. The molecule has 1 N–H and O–H groups in total. The second-order valence-electron chi connectivity index (χ2n) is 11.3. The lowest BCUT2D eigenvalue weighted by Gasteiger charge is -2.34. The van der Waals surface area contributed by atoms with Crippen LogP contribution < -0.4 is 14.4 Å². The first-order valence-corrected chi connectivity index (χ1v) is 17.4. The van der Waals surface area contributed by atoms with Crippen LogP contribution in [0.3, 0.4) is 0 Å². The molecule has 46 heavy (non-hydrogen) atoms. The van der Waals surface area contributed by atoms with Gasteiger partial charge in [0, 0.05) is 23.5 Å². The molecule has 8 nitrogen and oxygen atoms in total. The van der Waals surface area contributed by atoms with E-state index in [1.54, 1.807) is 36.4 Å². The van der Waals surface area contributed by atoms with Gasteiger partial charge in [-0.15, -0.1) is 0 Å². The molecule has 0 fully saturated rings. The molecule has 10 heteroatoms. The lowest BCUT2D eigenvalue weighted by molar-refractivity contribution is -0.140. The molecule has 0 aliphatic heterocycles. The smallest absolute Gasteiger partial charge is 0.264 e. The van der Waals surface area contributed by atoms with E-state index in [2.05, 4.69) is 21.2 Å². The highest BCUT2D eigenvalue weighted by Gasteiger charge is 2.34. The fourth-order valence-electron chi connectivity index (χ4n) is 4.96. The zero-order valence-electron chi connectivity index (χ0n) is 26.5. The molecule has 0 radical (unpaired) electrons. The van der Waals surface area contributed by atoms with Crippen LogP contribution in [0.25, 0.3) is 0 Å². The zero-order valence-corrected chi connectivity index (χ0v) is 28.9. The number of carbonyl (C=O) groups excluding carboxylic acids is 2. The Bertz CT molecular complexity index is 1700. The summed E-state index contributed by atoms with van der Waals surface area (Å²) in [5, 5.41) is 2.97. The lowest BCUT2D eigenvalue weighted by Crippen LogP contribution is -2.54. The van der Waals surface area contributed by atoms with Crippen molar-refractivity contribution in [2.45, 2.75) is 57.6 Å². The number of hydrogen-bond acceptors (Lipinski definition) is 5. The number of sulfonamides is 1. The summed E-state index contributed by atoms with van der Waals surface area (Å²) in [4.78, 5) is 29.8. The van der Waals surface area contributed by atoms with E-state index in [0.717, 1.165) is 25.5 Å². The third kappa shape index (κ3) is 9.20. The Morgan fingerprint density at radius 2 is 1.48 bits per heavy atom. The van der Waals surface area contributed by atoms with Gasteiger partial charge in [-0.1, -0.05) is 76.1 Å². The van der Waals surface area contributed by atoms with Crippen molar-refractivity contribution < 1.29 is 22.7 Å². The summed E-state index contributed by atoms with van der Waals surface area (Å²) >= 11 is 3.46. The minimum absolute atomic E-state index is 0.0159. The van der Waals surface area contributed by atoms with Gasteiger partial charge in [-0.3, -0.25) is 13.9 Å². The SMILES string of the molecule is CCOc1ccc(S(=O)(=O)N(CC(=O)N(Cc2ccc(Br)cc2)[C@H](Cc2ccccc2)C(=O)NC(C)C)c2ccc(C)cc2)cc1. The van der Waals surface area contributed by atoms with E-state index in [9.17, 15) is 18.0 Å². The molecule has 0 aliphatic rings. The molecule has 1 atom stereocenters. The summed E-state index contributed by atoms with van der Waals surface area (Å²) < 4.78 is 35.9. The molecule has 4 aromatic rings. The van der Waals surface area contributed by atoms with E-state index in [0.29, 0.717) is 18.0 Å². The van der Waals surface area contributed by atoms with E-state index in [1.807, 2.05) is 82.3 Å². The standard InChI is InChI=1S/C36H40BrN3O5S/c1-5-45-32-19-21-33(22-20-32)46(43,44)40(31-17-11-27(4)12-18-31)25-35(41)39(24-29-13-15-30(37)16-14-29)34(36(42)38-26(2)3)23-28-9-7-6-8-10-28/h6-22,26,34H,5,23-25H2,1-4H3,(H,38,42)/t34-/m1/s1. The molecule has 4 aromatic carbocycles. The average molecular weight is 707 g/mol. The molecule has 0 aliphatic carbocycles. The van der Waals surface area contributed by atoms with E-state index in [-0.39, 0.29) is 29.8 Å². The van der Waals surface area contributed by atoms with Crippen LogP contribution in [0.5, 0.6) is 5.75 Å². The first-order chi connectivity index (χ1) is 22.0. The van der Waals surface area contributed by atoms with Gasteiger partial charge in [0.1, 0.15) is 18.3 Å². The Labute approximate surface area is 280 Å². The molecule has 0 aromatic heterocycles. The molecule has 0 saturated heterocycles. The number of rotatable bonds is 14. The number of anilines is 1. The van der Waals surface area contributed by atoms with Gasteiger partial charge < -0.3 is 15.0 Å². The molecule has 0 spiro atoms. The van der Waals surface area contributed by atoms with Crippen LogP contribution in [0.1, 0.15) is 37.5 Å². The maximum Gasteiger partial charge on any atom is 0.264 e. The van der Waals surface area contributed by atoms with Gasteiger partial charge in [0.2, 0.25) is 11.8 Å². The Balaban J connectivity index is 1.79. The van der Waals surface area contributed by atoms with Crippen LogP contribution in [-0.2, 0) is 32.6 Å². The number of nitrogens with zero attached hydrogens (tertiary/aromatic N) is 2. The van der Waals surface area contributed by atoms with Gasteiger partial charge in [0.25, 0.3) is 10.0 Å². The maximum absolute atomic E-state index is 14.5. The van der Waals surface area contributed by atoms with Crippen molar-refractivity contribution in [2.24, 2.45) is 0 Å². The Kier molecular flexibility index (Phi) is 12.0. The normalized spacial score (nSPS) is 12.0. The van der Waals surface area contributed by atoms with Crippen molar-refractivity contribution in [3.05, 3.63) is 124 Å². The van der Waals surface area contributed by atoms with Crippen molar-refractivity contribution in [1.82, 2.24) is 10.2 Å². The van der Waals surface area contributed by atoms with Crippen LogP contribution in [0.2, 0.25) is 0 Å². The molecule has 4 rings (SSSR count). The monoisotopic (exact) mass is 705 g/mol. The van der Waals surface area contributed by atoms with Gasteiger partial charge in [-0.25, -0.2) is 8.42 Å². The highest BCUT2D eigenvalue weighted by molar-refractivity contribution is 9.10. The first kappa shape index (κ1) is 34.7. The minimum Gasteiger partial charge on any atom is -0.494 e.